The number of carbonyl (C=O) groups excluding carboxylic acids is 1. The fraction of sp³-hybridized carbons (Fsp3) is 0.333. The first-order valence-electron chi connectivity index (χ1n) is 5.95. The Hall–Kier alpha value is -2.19. The molecule has 0 aromatic heterocycles. The Morgan fingerprint density at radius 2 is 2.14 bits per heavy atom. The van der Waals surface area contributed by atoms with Crippen molar-refractivity contribution in [3.63, 3.8) is 0 Å². The lowest BCUT2D eigenvalue weighted by Gasteiger charge is -2.13. The van der Waals surface area contributed by atoms with Gasteiger partial charge in [-0.2, -0.15) is 0 Å². The number of nitrogens with two attached hydrogens (primary N) is 1. The van der Waals surface area contributed by atoms with Crippen LogP contribution in [0.5, 0.6) is 0 Å². The molecule has 0 aliphatic heterocycles. The second kappa shape index (κ2) is 7.00. The molecule has 21 heavy (non-hydrogen) atoms. The molecule has 0 spiro atoms. The van der Waals surface area contributed by atoms with Crippen LogP contribution in [0.15, 0.2) is 12.1 Å². The van der Waals surface area contributed by atoms with Gasteiger partial charge in [-0.15, -0.1) is 0 Å². The SMILES string of the molecule is Cc1cc([N+](=O)[O-])c(Cl)cc1NC(=O)C(N)CCC(=O)O. The number of rotatable bonds is 6. The highest BCUT2D eigenvalue weighted by molar-refractivity contribution is 6.33. The lowest BCUT2D eigenvalue weighted by Crippen LogP contribution is -2.36. The molecule has 0 aliphatic carbocycles. The van der Waals surface area contributed by atoms with E-state index >= 15 is 0 Å². The van der Waals surface area contributed by atoms with Crippen molar-refractivity contribution in [3.8, 4) is 0 Å². The van der Waals surface area contributed by atoms with Gasteiger partial charge < -0.3 is 16.2 Å². The van der Waals surface area contributed by atoms with Crippen molar-refractivity contribution < 1.29 is 19.6 Å². The Morgan fingerprint density at radius 3 is 2.67 bits per heavy atom. The van der Waals surface area contributed by atoms with Crippen LogP contribution in [0.3, 0.4) is 0 Å². The second-order valence-electron chi connectivity index (χ2n) is 4.40. The van der Waals surface area contributed by atoms with Crippen molar-refractivity contribution in [2.75, 3.05) is 5.32 Å². The molecule has 0 bridgehead atoms. The minimum Gasteiger partial charge on any atom is -0.481 e. The lowest BCUT2D eigenvalue weighted by atomic mass is 10.1. The molecule has 0 fully saturated rings. The normalized spacial score (nSPS) is 11.8. The van der Waals surface area contributed by atoms with Crippen molar-refractivity contribution in [2.45, 2.75) is 25.8 Å². The van der Waals surface area contributed by atoms with Gasteiger partial charge in [0.2, 0.25) is 5.91 Å². The number of hydrogen-bond acceptors (Lipinski definition) is 5. The second-order valence-corrected chi connectivity index (χ2v) is 4.81. The molecule has 1 unspecified atom stereocenters. The Labute approximate surface area is 125 Å². The van der Waals surface area contributed by atoms with Crippen molar-refractivity contribution in [2.24, 2.45) is 5.73 Å². The summed E-state index contributed by atoms with van der Waals surface area (Å²) in [6.45, 7) is 1.57. The zero-order chi connectivity index (χ0) is 16.2. The third kappa shape index (κ3) is 4.69. The molecule has 1 amide bonds. The fourth-order valence-corrected chi connectivity index (χ4v) is 1.81. The highest BCUT2D eigenvalue weighted by atomic mass is 35.5. The maximum atomic E-state index is 11.8. The van der Waals surface area contributed by atoms with Crippen molar-refractivity contribution in [1.29, 1.82) is 0 Å². The van der Waals surface area contributed by atoms with Gasteiger partial charge in [0.25, 0.3) is 5.69 Å². The number of carbonyl (C=O) groups is 2. The van der Waals surface area contributed by atoms with E-state index in [2.05, 4.69) is 5.32 Å². The number of nitrogens with zero attached hydrogens (tertiary/aromatic N) is 1. The van der Waals surface area contributed by atoms with Crippen LogP contribution < -0.4 is 11.1 Å². The minimum atomic E-state index is -1.05. The molecule has 0 heterocycles. The zero-order valence-electron chi connectivity index (χ0n) is 11.1. The highest BCUT2D eigenvalue weighted by Crippen LogP contribution is 2.30. The first kappa shape index (κ1) is 16.9. The highest BCUT2D eigenvalue weighted by Gasteiger charge is 2.19. The van der Waals surface area contributed by atoms with Crippen LogP contribution in [-0.2, 0) is 9.59 Å². The smallest absolute Gasteiger partial charge is 0.303 e. The Kier molecular flexibility index (Phi) is 5.62. The summed E-state index contributed by atoms with van der Waals surface area (Å²) in [4.78, 5) is 32.3. The summed E-state index contributed by atoms with van der Waals surface area (Å²) in [5.41, 5.74) is 6.04. The largest absolute Gasteiger partial charge is 0.481 e. The van der Waals surface area contributed by atoms with Crippen LogP contribution in [0.25, 0.3) is 0 Å². The third-order valence-electron chi connectivity index (χ3n) is 2.75. The maximum absolute atomic E-state index is 11.8. The number of carboxylic acids is 1. The monoisotopic (exact) mass is 315 g/mol. The van der Waals surface area contributed by atoms with Crippen LogP contribution in [-0.4, -0.2) is 27.9 Å². The first-order chi connectivity index (χ1) is 9.72. The van der Waals surface area contributed by atoms with E-state index in [1.54, 1.807) is 6.92 Å². The summed E-state index contributed by atoms with van der Waals surface area (Å²) in [5, 5.41) is 21.6. The molecule has 0 saturated carbocycles. The number of amides is 1. The molecular weight excluding hydrogens is 302 g/mol. The Bertz CT molecular complexity index is 591. The summed E-state index contributed by atoms with van der Waals surface area (Å²) < 4.78 is 0. The molecule has 1 aromatic carbocycles. The van der Waals surface area contributed by atoms with Crippen LogP contribution in [0.2, 0.25) is 5.02 Å². The molecule has 9 heteroatoms. The molecular formula is C12H14ClN3O5. The van der Waals surface area contributed by atoms with Crippen LogP contribution in [0, 0.1) is 17.0 Å². The van der Waals surface area contributed by atoms with Gasteiger partial charge in [0.15, 0.2) is 0 Å². The van der Waals surface area contributed by atoms with Crippen molar-refractivity contribution in [1.82, 2.24) is 0 Å². The fourth-order valence-electron chi connectivity index (χ4n) is 1.58. The van der Waals surface area contributed by atoms with E-state index in [0.717, 1.165) is 0 Å². The lowest BCUT2D eigenvalue weighted by molar-refractivity contribution is -0.384. The van der Waals surface area contributed by atoms with Gasteiger partial charge in [-0.25, -0.2) is 0 Å². The van der Waals surface area contributed by atoms with E-state index in [4.69, 9.17) is 22.4 Å². The van der Waals surface area contributed by atoms with E-state index in [1.165, 1.54) is 12.1 Å². The molecule has 1 rings (SSSR count). The van der Waals surface area contributed by atoms with Crippen molar-refractivity contribution >= 4 is 34.9 Å². The van der Waals surface area contributed by atoms with E-state index in [1.807, 2.05) is 0 Å². The Morgan fingerprint density at radius 1 is 1.52 bits per heavy atom. The average Bonchev–Trinajstić information content (AvgIpc) is 2.39. The molecule has 1 atom stereocenters. The van der Waals surface area contributed by atoms with Crippen molar-refractivity contribution in [3.05, 3.63) is 32.8 Å². The number of anilines is 1. The molecule has 8 nitrogen and oxygen atoms in total. The molecule has 0 aliphatic rings. The molecule has 0 saturated heterocycles. The number of nitro groups is 1. The average molecular weight is 316 g/mol. The van der Waals surface area contributed by atoms with Gasteiger partial charge in [0.1, 0.15) is 5.02 Å². The van der Waals surface area contributed by atoms with Gasteiger partial charge >= 0.3 is 5.97 Å². The predicted molar refractivity (Wildman–Crippen MR) is 76.3 cm³/mol. The number of hydrogen-bond donors (Lipinski definition) is 3. The number of nitrogens with one attached hydrogen (secondary N) is 1. The number of benzene rings is 1. The molecule has 1 aromatic rings. The third-order valence-corrected chi connectivity index (χ3v) is 3.06. The van der Waals surface area contributed by atoms with Gasteiger partial charge in [-0.05, 0) is 25.0 Å². The van der Waals surface area contributed by atoms with Crippen LogP contribution in [0.4, 0.5) is 11.4 Å². The number of carboxylic acid groups (broad SMARTS) is 1. The molecule has 0 radical (unpaired) electrons. The van der Waals surface area contributed by atoms with E-state index < -0.39 is 22.8 Å². The van der Waals surface area contributed by atoms with Gasteiger partial charge in [-0.3, -0.25) is 19.7 Å². The first-order valence-corrected chi connectivity index (χ1v) is 6.33. The minimum absolute atomic E-state index is 0.0130. The molecule has 4 N–H and O–H groups in total. The van der Waals surface area contributed by atoms with Crippen LogP contribution in [0.1, 0.15) is 18.4 Å². The summed E-state index contributed by atoms with van der Waals surface area (Å²) >= 11 is 5.76. The summed E-state index contributed by atoms with van der Waals surface area (Å²) in [7, 11) is 0. The quantitative estimate of drug-likeness (QED) is 0.540. The van der Waals surface area contributed by atoms with Crippen LogP contribution >= 0.6 is 11.6 Å². The Balaban J connectivity index is 2.83. The standard InChI is InChI=1S/C12H14ClN3O5/c1-6-4-10(16(20)21)7(13)5-9(6)15-12(19)8(14)2-3-11(17)18/h4-5,8H,2-3,14H2,1H3,(H,15,19)(H,17,18). The number of halogens is 1. The van der Waals surface area contributed by atoms with Gasteiger partial charge in [-0.1, -0.05) is 11.6 Å². The van der Waals surface area contributed by atoms with E-state index in [0.29, 0.717) is 11.3 Å². The predicted octanol–water partition coefficient (Wildman–Crippen LogP) is 1.69. The summed E-state index contributed by atoms with van der Waals surface area (Å²) in [5.74, 6) is -1.63. The number of nitro benzene ring substituents is 1. The van der Waals surface area contributed by atoms with E-state index in [-0.39, 0.29) is 23.6 Å². The maximum Gasteiger partial charge on any atom is 0.303 e. The zero-order valence-corrected chi connectivity index (χ0v) is 11.9. The number of aryl methyl sites for hydroxylation is 1. The summed E-state index contributed by atoms with van der Waals surface area (Å²) in [6.07, 6.45) is -0.241. The molecule has 114 valence electrons. The van der Waals surface area contributed by atoms with Gasteiger partial charge in [0.05, 0.1) is 11.0 Å². The topological polar surface area (TPSA) is 136 Å². The van der Waals surface area contributed by atoms with Gasteiger partial charge in [0, 0.05) is 18.2 Å². The summed E-state index contributed by atoms with van der Waals surface area (Å²) in [6, 6.07) is 1.51. The number of aliphatic carboxylic acids is 1. The van der Waals surface area contributed by atoms with E-state index in [9.17, 15) is 19.7 Å².